The molecule has 560 valence electrons. The van der Waals surface area contributed by atoms with E-state index in [0.717, 1.165) is 70.6 Å². The van der Waals surface area contributed by atoms with Crippen LogP contribution in [0.5, 0.6) is 0 Å². The minimum atomic E-state index is -1.99. The summed E-state index contributed by atoms with van der Waals surface area (Å²) >= 11 is 0. The van der Waals surface area contributed by atoms with E-state index in [2.05, 4.69) is 104 Å². The van der Waals surface area contributed by atoms with Gasteiger partial charge in [0, 0.05) is 6.42 Å². The maximum atomic E-state index is 13.4. The number of hydrogen-bond acceptors (Lipinski definition) is 18. The second-order valence-corrected chi connectivity index (χ2v) is 26.7. The fraction of sp³-hybridized carbons (Fsp3) is 0.782. The predicted octanol–water partition coefficient (Wildman–Crippen LogP) is 11.6. The third-order valence-corrected chi connectivity index (χ3v) is 18.4. The quantitative estimate of drug-likeness (QED) is 0.0199. The standard InChI is InChI=1S/C78H135NO18/c1-3-5-7-9-11-13-15-17-19-21-23-25-26-27-28-29-30-31-32-33-34-36-37-39-41-43-45-47-49-51-53-55-62(83)61(79-66(84)56-54-52-50-48-46-44-42-40-38-35-24-22-20-18-16-14-12-10-8-6-4-2)60-92-76-72(90)69(87)74(64(58-81)94-76)97-78-73(91)70(88)75(65(59-82)95-78)96-77-71(89)68(86)67(85)63(57-80)93-77/h6,8,12,14,18,20,24,35,40,42,45-48,53,55,61-65,67-78,80-83,85-91H,3-5,7,9-11,13,15-17,19,21-23,25-34,36-39,41,43-44,49-52,54,56-60H2,1-2H3,(H,79,84)/b8-6-,14-12-,20-18-,35-24-,42-40-,47-45+,48-46-,55-53+. The van der Waals surface area contributed by atoms with Crippen LogP contribution in [0.1, 0.15) is 258 Å². The lowest BCUT2D eigenvalue weighted by atomic mass is 9.96. The molecule has 0 aromatic rings. The number of allylic oxidation sites excluding steroid dienone is 15. The van der Waals surface area contributed by atoms with Crippen molar-refractivity contribution in [3.05, 3.63) is 97.2 Å². The van der Waals surface area contributed by atoms with Gasteiger partial charge in [0.1, 0.15) is 73.2 Å². The van der Waals surface area contributed by atoms with Crippen molar-refractivity contribution >= 4 is 5.91 Å². The van der Waals surface area contributed by atoms with Crippen LogP contribution in [-0.4, -0.2) is 193 Å². The summed E-state index contributed by atoms with van der Waals surface area (Å²) in [5, 5.41) is 121. The highest BCUT2D eigenvalue weighted by atomic mass is 16.8. The molecule has 0 aromatic carbocycles. The first-order valence-electron chi connectivity index (χ1n) is 38.0. The van der Waals surface area contributed by atoms with E-state index in [9.17, 15) is 61.0 Å². The number of amides is 1. The molecule has 0 bridgehead atoms. The van der Waals surface area contributed by atoms with Crippen LogP contribution in [0.3, 0.4) is 0 Å². The van der Waals surface area contributed by atoms with Gasteiger partial charge in [0.15, 0.2) is 18.9 Å². The van der Waals surface area contributed by atoms with E-state index in [1.165, 1.54) is 154 Å². The highest BCUT2D eigenvalue weighted by Crippen LogP contribution is 2.33. The first-order chi connectivity index (χ1) is 47.3. The largest absolute Gasteiger partial charge is 0.394 e. The normalized spacial score (nSPS) is 27.5. The van der Waals surface area contributed by atoms with E-state index >= 15 is 0 Å². The monoisotopic (exact) mass is 1370 g/mol. The van der Waals surface area contributed by atoms with Crippen molar-refractivity contribution in [1.29, 1.82) is 0 Å². The third kappa shape index (κ3) is 39.1. The van der Waals surface area contributed by atoms with Crippen molar-refractivity contribution in [3.8, 4) is 0 Å². The second-order valence-electron chi connectivity index (χ2n) is 26.7. The van der Waals surface area contributed by atoms with Crippen molar-refractivity contribution < 1.29 is 89.4 Å². The lowest BCUT2D eigenvalue weighted by Crippen LogP contribution is -2.66. The van der Waals surface area contributed by atoms with Crippen molar-refractivity contribution in [2.75, 3.05) is 26.4 Å². The van der Waals surface area contributed by atoms with Crippen LogP contribution >= 0.6 is 0 Å². The van der Waals surface area contributed by atoms with Crippen LogP contribution in [0.15, 0.2) is 97.2 Å². The number of rotatable bonds is 58. The van der Waals surface area contributed by atoms with Crippen LogP contribution in [0.4, 0.5) is 0 Å². The van der Waals surface area contributed by atoms with E-state index in [1.807, 2.05) is 6.08 Å². The molecule has 17 unspecified atom stereocenters. The van der Waals surface area contributed by atoms with Gasteiger partial charge in [-0.05, 0) is 83.5 Å². The molecule has 97 heavy (non-hydrogen) atoms. The molecule has 17 atom stereocenters. The Balaban J connectivity index is 1.42. The molecule has 0 aliphatic carbocycles. The molecule has 3 aliphatic heterocycles. The molecule has 0 spiro atoms. The van der Waals surface area contributed by atoms with Crippen LogP contribution in [0.25, 0.3) is 0 Å². The molecule has 3 saturated heterocycles. The summed E-state index contributed by atoms with van der Waals surface area (Å²) in [6, 6.07) is -1.02. The number of hydrogen-bond donors (Lipinski definition) is 12. The Kier molecular flexibility index (Phi) is 52.8. The Morgan fingerprint density at radius 2 is 0.722 bits per heavy atom. The predicted molar refractivity (Wildman–Crippen MR) is 383 cm³/mol. The zero-order valence-electron chi connectivity index (χ0n) is 59.5. The number of unbranched alkanes of at least 4 members (excludes halogenated alkanes) is 28. The number of ether oxygens (including phenoxy) is 6. The van der Waals surface area contributed by atoms with Gasteiger partial charge in [0.2, 0.25) is 5.91 Å². The van der Waals surface area contributed by atoms with Crippen molar-refractivity contribution in [3.63, 3.8) is 0 Å². The fourth-order valence-electron chi connectivity index (χ4n) is 12.3. The van der Waals surface area contributed by atoms with Gasteiger partial charge in [0.05, 0.1) is 38.6 Å². The van der Waals surface area contributed by atoms with E-state index in [-0.39, 0.29) is 12.3 Å². The van der Waals surface area contributed by atoms with Gasteiger partial charge in [0.25, 0.3) is 0 Å². The number of nitrogens with one attached hydrogen (secondary N) is 1. The number of aliphatic hydroxyl groups excluding tert-OH is 11. The van der Waals surface area contributed by atoms with Crippen molar-refractivity contribution in [1.82, 2.24) is 5.32 Å². The Hall–Kier alpha value is -3.29. The van der Waals surface area contributed by atoms with Gasteiger partial charge >= 0.3 is 0 Å². The van der Waals surface area contributed by atoms with Crippen LogP contribution < -0.4 is 5.32 Å². The highest BCUT2D eigenvalue weighted by molar-refractivity contribution is 5.76. The minimum Gasteiger partial charge on any atom is -0.394 e. The SMILES string of the molecule is CC/C=C\C/C=C\C/C=C\C/C=C\C/C=C\C/C=C\CCCCC(=O)NC(COC1OC(CO)C(OC2OC(CO)C(OC3OC(CO)C(O)C(O)C3O)C(O)C2O)C(O)C1O)C(O)/C=C/CC/C=C/CCCCCCCCCCCCCCCCCCCCCCCCCCC. The number of aliphatic hydroxyl groups is 11. The van der Waals surface area contributed by atoms with Gasteiger partial charge in [-0.25, -0.2) is 0 Å². The fourth-order valence-corrected chi connectivity index (χ4v) is 12.3. The molecular weight excluding hydrogens is 1240 g/mol. The first-order valence-corrected chi connectivity index (χ1v) is 38.0. The van der Waals surface area contributed by atoms with E-state index in [0.29, 0.717) is 12.8 Å². The molecular formula is C78H135NO18. The maximum absolute atomic E-state index is 13.4. The average molecular weight is 1370 g/mol. The van der Waals surface area contributed by atoms with Gasteiger partial charge in [-0.3, -0.25) is 4.79 Å². The topological polar surface area (TPSA) is 307 Å². The summed E-state index contributed by atoms with van der Waals surface area (Å²) in [6.45, 7) is 1.58. The summed E-state index contributed by atoms with van der Waals surface area (Å²) < 4.78 is 34.3. The smallest absolute Gasteiger partial charge is 0.220 e. The van der Waals surface area contributed by atoms with Gasteiger partial charge in [-0.1, -0.05) is 265 Å². The summed E-state index contributed by atoms with van der Waals surface area (Å²) in [5.41, 5.74) is 0. The van der Waals surface area contributed by atoms with Gasteiger partial charge in [-0.2, -0.15) is 0 Å². The lowest BCUT2D eigenvalue weighted by molar-refractivity contribution is -0.379. The number of carbonyl (C=O) groups excluding carboxylic acids is 1. The lowest BCUT2D eigenvalue weighted by Gasteiger charge is -2.48. The van der Waals surface area contributed by atoms with Gasteiger partial charge in [-0.15, -0.1) is 0 Å². The molecule has 3 rings (SSSR count). The zero-order valence-corrected chi connectivity index (χ0v) is 59.5. The summed E-state index contributed by atoms with van der Waals surface area (Å²) in [7, 11) is 0. The summed E-state index contributed by atoms with van der Waals surface area (Å²) in [5.74, 6) is -0.329. The molecule has 0 saturated carbocycles. The Morgan fingerprint density at radius 3 is 1.15 bits per heavy atom. The molecule has 3 heterocycles. The molecule has 3 fully saturated rings. The molecule has 12 N–H and O–H groups in total. The molecule has 3 aliphatic rings. The minimum absolute atomic E-state index is 0.175. The van der Waals surface area contributed by atoms with E-state index in [4.69, 9.17) is 28.4 Å². The number of carbonyl (C=O) groups is 1. The molecule has 1 amide bonds. The van der Waals surface area contributed by atoms with Crippen molar-refractivity contribution in [2.24, 2.45) is 0 Å². The summed E-state index contributed by atoms with van der Waals surface area (Å²) in [6.07, 6.45) is 51.2. The van der Waals surface area contributed by atoms with Crippen LogP contribution in [-0.2, 0) is 33.2 Å². The Bertz CT molecular complexity index is 2130. The Labute approximate surface area is 583 Å². The summed E-state index contributed by atoms with van der Waals surface area (Å²) in [4.78, 5) is 13.4. The third-order valence-electron chi connectivity index (χ3n) is 18.4. The van der Waals surface area contributed by atoms with E-state index in [1.54, 1.807) is 6.08 Å². The first kappa shape index (κ1) is 87.9. The second kappa shape index (κ2) is 58.2. The van der Waals surface area contributed by atoms with E-state index < -0.39 is 131 Å². The molecule has 19 heteroatoms. The van der Waals surface area contributed by atoms with Crippen molar-refractivity contribution in [2.45, 2.75) is 362 Å². The molecule has 19 nitrogen and oxygen atoms in total. The maximum Gasteiger partial charge on any atom is 0.220 e. The highest BCUT2D eigenvalue weighted by Gasteiger charge is 2.53. The van der Waals surface area contributed by atoms with Crippen LogP contribution in [0.2, 0.25) is 0 Å². The molecule has 0 radical (unpaired) electrons. The van der Waals surface area contributed by atoms with Gasteiger partial charge < -0.3 is 89.9 Å². The average Bonchev–Trinajstić information content (AvgIpc) is 0.789. The molecule has 0 aromatic heterocycles. The zero-order chi connectivity index (χ0) is 70.4. The Morgan fingerprint density at radius 1 is 0.381 bits per heavy atom. The van der Waals surface area contributed by atoms with Crippen LogP contribution in [0, 0.1) is 0 Å².